The number of hydrogen-bond acceptors (Lipinski definition) is 1. The molecule has 0 aliphatic carbocycles. The fraction of sp³-hybridized carbons (Fsp3) is 0.462. The Balaban J connectivity index is 0.000000921. The third kappa shape index (κ3) is 4.12. The maximum atomic E-state index is 13.3. The molecule has 0 heterocycles. The van der Waals surface area contributed by atoms with Crippen LogP contribution in [0, 0.1) is 17.1 Å². The van der Waals surface area contributed by atoms with Crippen molar-refractivity contribution in [3.05, 3.63) is 35.1 Å². The molecule has 2 heteroatoms. The minimum atomic E-state index is -0.186. The SMILES string of the molecule is CC.CCc1cccc(F)c1CCC#N. The van der Waals surface area contributed by atoms with E-state index in [9.17, 15) is 4.39 Å². The Morgan fingerprint density at radius 1 is 1.33 bits per heavy atom. The standard InChI is InChI=1S/C11H12FN.C2H6/c1-2-9-5-3-7-11(12)10(9)6-4-8-13;1-2/h3,5,7H,2,4,6H2,1H3;1-2H3. The van der Waals surface area contributed by atoms with Crippen molar-refractivity contribution in [2.24, 2.45) is 0 Å². The summed E-state index contributed by atoms with van der Waals surface area (Å²) >= 11 is 0. The van der Waals surface area contributed by atoms with E-state index < -0.39 is 0 Å². The Morgan fingerprint density at radius 3 is 2.53 bits per heavy atom. The molecule has 0 bridgehead atoms. The average Bonchev–Trinajstić information content (AvgIpc) is 2.30. The van der Waals surface area contributed by atoms with Crippen molar-refractivity contribution in [1.82, 2.24) is 0 Å². The van der Waals surface area contributed by atoms with E-state index in [2.05, 4.69) is 0 Å². The first kappa shape index (κ1) is 13.6. The molecule has 0 aliphatic rings. The van der Waals surface area contributed by atoms with Gasteiger partial charge in [0.1, 0.15) is 5.82 Å². The number of benzene rings is 1. The number of hydrogen-bond donors (Lipinski definition) is 0. The fourth-order valence-corrected chi connectivity index (χ4v) is 1.40. The molecule has 0 spiro atoms. The highest BCUT2D eigenvalue weighted by Crippen LogP contribution is 2.15. The molecule has 0 aromatic heterocycles. The molecule has 1 aromatic rings. The lowest BCUT2D eigenvalue weighted by Gasteiger charge is -2.06. The summed E-state index contributed by atoms with van der Waals surface area (Å²) in [6.07, 6.45) is 1.72. The second kappa shape index (κ2) is 7.99. The zero-order chi connectivity index (χ0) is 11.7. The van der Waals surface area contributed by atoms with Crippen LogP contribution in [0.1, 0.15) is 38.3 Å². The number of nitrogens with zero attached hydrogens (tertiary/aromatic N) is 1. The minimum Gasteiger partial charge on any atom is -0.207 e. The fourth-order valence-electron chi connectivity index (χ4n) is 1.40. The summed E-state index contributed by atoms with van der Waals surface area (Å²) in [5.74, 6) is -0.186. The second-order valence-electron chi connectivity index (χ2n) is 2.89. The van der Waals surface area contributed by atoms with Gasteiger partial charge in [0, 0.05) is 6.42 Å². The molecule has 0 fully saturated rings. The van der Waals surface area contributed by atoms with Gasteiger partial charge in [0.2, 0.25) is 0 Å². The van der Waals surface area contributed by atoms with E-state index in [0.29, 0.717) is 18.4 Å². The van der Waals surface area contributed by atoms with E-state index in [1.54, 1.807) is 6.07 Å². The van der Waals surface area contributed by atoms with Gasteiger partial charge in [-0.15, -0.1) is 0 Å². The van der Waals surface area contributed by atoms with Crippen molar-refractivity contribution in [1.29, 1.82) is 5.26 Å². The molecule has 0 atom stereocenters. The molecular formula is C13H18FN. The topological polar surface area (TPSA) is 23.8 Å². The van der Waals surface area contributed by atoms with Gasteiger partial charge in [-0.3, -0.25) is 0 Å². The smallest absolute Gasteiger partial charge is 0.126 e. The molecular weight excluding hydrogens is 189 g/mol. The quantitative estimate of drug-likeness (QED) is 0.738. The Labute approximate surface area is 91.5 Å². The molecule has 0 unspecified atom stereocenters. The van der Waals surface area contributed by atoms with Gasteiger partial charge in [0.05, 0.1) is 6.07 Å². The van der Waals surface area contributed by atoms with Crippen LogP contribution < -0.4 is 0 Å². The third-order valence-electron chi connectivity index (χ3n) is 2.08. The van der Waals surface area contributed by atoms with Crippen molar-refractivity contribution in [3.63, 3.8) is 0 Å². The largest absolute Gasteiger partial charge is 0.207 e. The van der Waals surface area contributed by atoms with Crippen LogP contribution in [0.25, 0.3) is 0 Å². The molecule has 0 saturated heterocycles. The Bertz CT molecular complexity index is 326. The highest BCUT2D eigenvalue weighted by atomic mass is 19.1. The third-order valence-corrected chi connectivity index (χ3v) is 2.08. The zero-order valence-corrected chi connectivity index (χ0v) is 9.68. The maximum absolute atomic E-state index is 13.3. The molecule has 0 N–H and O–H groups in total. The van der Waals surface area contributed by atoms with E-state index in [1.165, 1.54) is 6.07 Å². The van der Waals surface area contributed by atoms with Crippen LogP contribution in [-0.4, -0.2) is 0 Å². The van der Waals surface area contributed by atoms with Crippen molar-refractivity contribution in [2.45, 2.75) is 40.0 Å². The first-order valence-electron chi connectivity index (χ1n) is 5.42. The molecule has 1 nitrogen and oxygen atoms in total. The first-order chi connectivity index (χ1) is 7.29. The van der Waals surface area contributed by atoms with Crippen LogP contribution in [0.15, 0.2) is 18.2 Å². The number of aryl methyl sites for hydroxylation is 1. The van der Waals surface area contributed by atoms with E-state index in [0.717, 1.165) is 12.0 Å². The predicted octanol–water partition coefficient (Wildman–Crippen LogP) is 3.87. The van der Waals surface area contributed by atoms with E-state index >= 15 is 0 Å². The highest BCUT2D eigenvalue weighted by Gasteiger charge is 2.05. The number of nitriles is 1. The molecule has 0 aliphatic heterocycles. The van der Waals surface area contributed by atoms with Gasteiger partial charge in [-0.1, -0.05) is 32.9 Å². The summed E-state index contributed by atoms with van der Waals surface area (Å²) in [6, 6.07) is 7.10. The van der Waals surface area contributed by atoms with Gasteiger partial charge in [-0.2, -0.15) is 5.26 Å². The first-order valence-corrected chi connectivity index (χ1v) is 5.42. The molecule has 15 heavy (non-hydrogen) atoms. The average molecular weight is 207 g/mol. The lowest BCUT2D eigenvalue weighted by molar-refractivity contribution is 0.606. The molecule has 0 radical (unpaired) electrons. The Kier molecular flexibility index (Phi) is 7.27. The van der Waals surface area contributed by atoms with E-state index in [4.69, 9.17) is 5.26 Å². The normalized spacial score (nSPS) is 8.73. The van der Waals surface area contributed by atoms with Crippen molar-refractivity contribution in [2.75, 3.05) is 0 Å². The molecule has 0 amide bonds. The Hall–Kier alpha value is -1.36. The Morgan fingerprint density at radius 2 is 2.00 bits per heavy atom. The van der Waals surface area contributed by atoms with E-state index in [-0.39, 0.29) is 5.82 Å². The van der Waals surface area contributed by atoms with Crippen molar-refractivity contribution in [3.8, 4) is 6.07 Å². The monoisotopic (exact) mass is 207 g/mol. The zero-order valence-electron chi connectivity index (χ0n) is 9.68. The summed E-state index contributed by atoms with van der Waals surface area (Å²) in [4.78, 5) is 0. The van der Waals surface area contributed by atoms with Crippen molar-refractivity contribution < 1.29 is 4.39 Å². The molecule has 0 saturated carbocycles. The van der Waals surface area contributed by atoms with E-state index in [1.807, 2.05) is 32.9 Å². The van der Waals surface area contributed by atoms with Crippen LogP contribution >= 0.6 is 0 Å². The summed E-state index contributed by atoms with van der Waals surface area (Å²) < 4.78 is 13.3. The van der Waals surface area contributed by atoms with Crippen LogP contribution in [-0.2, 0) is 12.8 Å². The lowest BCUT2D eigenvalue weighted by Crippen LogP contribution is -1.96. The summed E-state index contributed by atoms with van der Waals surface area (Å²) in [5, 5.41) is 8.41. The van der Waals surface area contributed by atoms with Crippen LogP contribution in [0.4, 0.5) is 4.39 Å². The van der Waals surface area contributed by atoms with Gasteiger partial charge in [0.25, 0.3) is 0 Å². The number of halogens is 1. The van der Waals surface area contributed by atoms with Gasteiger partial charge in [0.15, 0.2) is 0 Å². The molecule has 1 aromatic carbocycles. The second-order valence-corrected chi connectivity index (χ2v) is 2.89. The number of rotatable bonds is 3. The molecule has 1 rings (SSSR count). The maximum Gasteiger partial charge on any atom is 0.126 e. The van der Waals surface area contributed by atoms with Gasteiger partial charge in [-0.25, -0.2) is 4.39 Å². The highest BCUT2D eigenvalue weighted by molar-refractivity contribution is 5.29. The van der Waals surface area contributed by atoms with Gasteiger partial charge in [-0.05, 0) is 30.0 Å². The summed E-state index contributed by atoms with van der Waals surface area (Å²) in [7, 11) is 0. The van der Waals surface area contributed by atoms with Crippen LogP contribution in [0.3, 0.4) is 0 Å². The molecule has 82 valence electrons. The van der Waals surface area contributed by atoms with Gasteiger partial charge >= 0.3 is 0 Å². The van der Waals surface area contributed by atoms with Gasteiger partial charge < -0.3 is 0 Å². The lowest BCUT2D eigenvalue weighted by atomic mass is 10.0. The van der Waals surface area contributed by atoms with Crippen molar-refractivity contribution >= 4 is 0 Å². The minimum absolute atomic E-state index is 0.186. The summed E-state index contributed by atoms with van der Waals surface area (Å²) in [5.41, 5.74) is 1.71. The van der Waals surface area contributed by atoms with Crippen LogP contribution in [0.5, 0.6) is 0 Å². The predicted molar refractivity (Wildman–Crippen MR) is 61.1 cm³/mol. The summed E-state index contributed by atoms with van der Waals surface area (Å²) in [6.45, 7) is 5.99. The van der Waals surface area contributed by atoms with Crippen LogP contribution in [0.2, 0.25) is 0 Å².